The molecule has 3 heterocycles. The molecule has 1 aromatic rings. The summed E-state index contributed by atoms with van der Waals surface area (Å²) in [4.78, 5) is 10.9. The molecule has 2 fully saturated rings. The highest BCUT2D eigenvalue weighted by molar-refractivity contribution is 14.0. The summed E-state index contributed by atoms with van der Waals surface area (Å²) >= 11 is 1.81. The van der Waals surface area contributed by atoms with Gasteiger partial charge >= 0.3 is 0 Å². The molecular formula is C18H31IN4OS. The highest BCUT2D eigenvalue weighted by Crippen LogP contribution is 2.27. The number of rotatable bonds is 4. The minimum absolute atomic E-state index is 0. The van der Waals surface area contributed by atoms with Crippen molar-refractivity contribution in [2.45, 2.75) is 38.8 Å². The second-order valence-electron chi connectivity index (χ2n) is 7.08. The fourth-order valence-electron chi connectivity index (χ4n) is 3.51. The number of hydrogen-bond donors (Lipinski definition) is 1. The second-order valence-corrected chi connectivity index (χ2v) is 8.06. The lowest BCUT2D eigenvalue weighted by atomic mass is 10.00. The van der Waals surface area contributed by atoms with Gasteiger partial charge in [0, 0.05) is 31.1 Å². The largest absolute Gasteiger partial charge is 0.376 e. The van der Waals surface area contributed by atoms with Crippen molar-refractivity contribution in [3.05, 3.63) is 22.4 Å². The molecule has 0 saturated carbocycles. The Morgan fingerprint density at radius 2 is 2.12 bits per heavy atom. The number of nitrogens with two attached hydrogens (primary N) is 1. The third-order valence-electron chi connectivity index (χ3n) is 5.12. The maximum Gasteiger partial charge on any atom is 0.191 e. The van der Waals surface area contributed by atoms with Gasteiger partial charge in [0.1, 0.15) is 0 Å². The van der Waals surface area contributed by atoms with Crippen LogP contribution in [0.15, 0.2) is 22.5 Å². The third-order valence-corrected chi connectivity index (χ3v) is 6.09. The topological polar surface area (TPSA) is 54.1 Å². The number of morpholine rings is 1. The van der Waals surface area contributed by atoms with Crippen molar-refractivity contribution >= 4 is 41.3 Å². The van der Waals surface area contributed by atoms with Gasteiger partial charge in [-0.3, -0.25) is 9.89 Å². The van der Waals surface area contributed by atoms with Gasteiger partial charge in [0.2, 0.25) is 0 Å². The number of thiophene rings is 1. The summed E-state index contributed by atoms with van der Waals surface area (Å²) in [5.41, 5.74) is 6.29. The summed E-state index contributed by atoms with van der Waals surface area (Å²) in [5.74, 6) is 1.52. The lowest BCUT2D eigenvalue weighted by molar-refractivity contribution is -0.0327. The van der Waals surface area contributed by atoms with Gasteiger partial charge in [-0.1, -0.05) is 13.0 Å². The van der Waals surface area contributed by atoms with E-state index in [-0.39, 0.29) is 30.1 Å². The summed E-state index contributed by atoms with van der Waals surface area (Å²) in [6.07, 6.45) is 2.71. The van der Waals surface area contributed by atoms with Crippen molar-refractivity contribution in [2.75, 3.05) is 39.3 Å². The molecule has 1 aromatic heterocycles. The molecule has 0 radical (unpaired) electrons. The highest BCUT2D eigenvalue weighted by Gasteiger charge is 2.26. The van der Waals surface area contributed by atoms with Crippen LogP contribution >= 0.6 is 35.3 Å². The van der Waals surface area contributed by atoms with Gasteiger partial charge in [0.25, 0.3) is 0 Å². The first-order valence-electron chi connectivity index (χ1n) is 9.07. The lowest BCUT2D eigenvalue weighted by Gasteiger charge is -2.36. The normalized spacial score (nSPS) is 24.8. The number of halogens is 1. The SMILES string of the molecule is CC1CCN(C(N)=NCC(c2cccs2)N2CCOC(C)C2)CC1.I. The Balaban J connectivity index is 0.00000225. The van der Waals surface area contributed by atoms with Crippen LogP contribution in [0.5, 0.6) is 0 Å². The van der Waals surface area contributed by atoms with Crippen LogP contribution in [-0.2, 0) is 4.74 Å². The number of aliphatic imine (C=N–C) groups is 1. The number of hydrogen-bond acceptors (Lipinski definition) is 4. The molecule has 2 atom stereocenters. The lowest BCUT2D eigenvalue weighted by Crippen LogP contribution is -2.45. The zero-order chi connectivity index (χ0) is 16.9. The molecule has 2 saturated heterocycles. The summed E-state index contributed by atoms with van der Waals surface area (Å²) < 4.78 is 5.70. The molecule has 5 nitrogen and oxygen atoms in total. The van der Waals surface area contributed by atoms with Crippen LogP contribution in [0.1, 0.15) is 37.6 Å². The van der Waals surface area contributed by atoms with E-state index in [0.29, 0.717) is 12.0 Å². The van der Waals surface area contributed by atoms with Crippen molar-refractivity contribution in [3.63, 3.8) is 0 Å². The molecule has 0 spiro atoms. The van der Waals surface area contributed by atoms with E-state index in [9.17, 15) is 0 Å². The molecule has 0 aliphatic carbocycles. The van der Waals surface area contributed by atoms with Gasteiger partial charge in [-0.15, -0.1) is 35.3 Å². The van der Waals surface area contributed by atoms with E-state index in [1.807, 2.05) is 11.3 Å². The summed E-state index contributed by atoms with van der Waals surface area (Å²) in [6.45, 7) is 9.98. The maximum atomic E-state index is 6.29. The Morgan fingerprint density at radius 1 is 1.36 bits per heavy atom. The average molecular weight is 478 g/mol. The van der Waals surface area contributed by atoms with Crippen LogP contribution in [0.25, 0.3) is 0 Å². The second kappa shape index (κ2) is 10.1. The Hall–Kier alpha value is -0.380. The van der Waals surface area contributed by atoms with E-state index >= 15 is 0 Å². The zero-order valence-electron chi connectivity index (χ0n) is 15.3. The molecule has 0 aromatic carbocycles. The minimum atomic E-state index is 0. The Morgan fingerprint density at radius 3 is 2.76 bits per heavy atom. The monoisotopic (exact) mass is 478 g/mol. The predicted octanol–water partition coefficient (Wildman–Crippen LogP) is 3.17. The number of ether oxygens (including phenoxy) is 1. The molecule has 2 aliphatic rings. The summed E-state index contributed by atoms with van der Waals surface area (Å²) in [7, 11) is 0. The van der Waals surface area contributed by atoms with Crippen molar-refractivity contribution in [1.29, 1.82) is 0 Å². The molecule has 0 bridgehead atoms. The Labute approximate surface area is 172 Å². The van der Waals surface area contributed by atoms with Crippen LogP contribution < -0.4 is 5.73 Å². The fraction of sp³-hybridized carbons (Fsp3) is 0.722. The molecular weight excluding hydrogens is 447 g/mol. The van der Waals surface area contributed by atoms with Crippen molar-refractivity contribution in [2.24, 2.45) is 16.6 Å². The number of nitrogens with zero attached hydrogens (tertiary/aromatic N) is 3. The Kier molecular flexibility index (Phi) is 8.44. The number of guanidine groups is 1. The van der Waals surface area contributed by atoms with Crippen LogP contribution in [0, 0.1) is 5.92 Å². The first kappa shape index (κ1) is 20.9. The standard InChI is InChI=1S/C18H30N4OS.HI/c1-14-5-7-21(8-6-14)18(19)20-12-16(17-4-3-11-24-17)22-9-10-23-15(2)13-22;/h3-4,11,14-16H,5-10,12-13H2,1-2H3,(H2,19,20);1H. The predicted molar refractivity (Wildman–Crippen MR) is 116 cm³/mol. The van der Waals surface area contributed by atoms with Gasteiger partial charge in [0.05, 0.1) is 25.3 Å². The van der Waals surface area contributed by atoms with Crippen LogP contribution in [0.3, 0.4) is 0 Å². The molecule has 2 N–H and O–H groups in total. The smallest absolute Gasteiger partial charge is 0.191 e. The van der Waals surface area contributed by atoms with Crippen LogP contribution in [0.2, 0.25) is 0 Å². The molecule has 3 rings (SSSR count). The number of piperidine rings is 1. The first-order chi connectivity index (χ1) is 11.6. The van der Waals surface area contributed by atoms with Gasteiger partial charge in [0.15, 0.2) is 5.96 Å². The van der Waals surface area contributed by atoms with Crippen molar-refractivity contribution < 1.29 is 4.74 Å². The Bertz CT molecular complexity index is 531. The minimum Gasteiger partial charge on any atom is -0.376 e. The fourth-order valence-corrected chi connectivity index (χ4v) is 4.36. The third kappa shape index (κ3) is 5.80. The number of likely N-dealkylation sites (tertiary alicyclic amines) is 1. The summed E-state index contributed by atoms with van der Waals surface area (Å²) in [6, 6.07) is 4.64. The average Bonchev–Trinajstić information content (AvgIpc) is 3.10. The van der Waals surface area contributed by atoms with E-state index < -0.39 is 0 Å². The van der Waals surface area contributed by atoms with Gasteiger partial charge < -0.3 is 15.4 Å². The molecule has 7 heteroatoms. The zero-order valence-corrected chi connectivity index (χ0v) is 18.4. The van der Waals surface area contributed by atoms with Crippen LogP contribution in [0.4, 0.5) is 0 Å². The van der Waals surface area contributed by atoms with E-state index in [4.69, 9.17) is 15.5 Å². The van der Waals surface area contributed by atoms with Crippen molar-refractivity contribution in [1.82, 2.24) is 9.80 Å². The van der Waals surface area contributed by atoms with Gasteiger partial charge in [-0.05, 0) is 37.1 Å². The van der Waals surface area contributed by atoms with Crippen LogP contribution in [-0.4, -0.2) is 61.2 Å². The maximum absolute atomic E-state index is 6.29. The van der Waals surface area contributed by atoms with E-state index in [0.717, 1.165) is 45.2 Å². The van der Waals surface area contributed by atoms with Gasteiger partial charge in [-0.2, -0.15) is 0 Å². The van der Waals surface area contributed by atoms with E-state index in [1.54, 1.807) is 0 Å². The molecule has 142 valence electrons. The van der Waals surface area contributed by atoms with E-state index in [1.165, 1.54) is 17.7 Å². The first-order valence-corrected chi connectivity index (χ1v) is 9.95. The van der Waals surface area contributed by atoms with E-state index in [2.05, 4.69) is 41.2 Å². The molecule has 25 heavy (non-hydrogen) atoms. The molecule has 2 unspecified atom stereocenters. The molecule has 0 amide bonds. The molecule has 2 aliphatic heterocycles. The van der Waals surface area contributed by atoms with Gasteiger partial charge in [-0.25, -0.2) is 0 Å². The van der Waals surface area contributed by atoms with Crippen molar-refractivity contribution in [3.8, 4) is 0 Å². The quantitative estimate of drug-likeness (QED) is 0.411. The summed E-state index contributed by atoms with van der Waals surface area (Å²) in [5, 5.41) is 2.14. The highest BCUT2D eigenvalue weighted by atomic mass is 127.